The second kappa shape index (κ2) is 11.0. The SMILES string of the molecule is C=C(C)[C@@H]1CC[C@]2(COC(=O)/C=C/c3ccc(OC)cc3)CC[C@]3(C)[C@H](CC[C@@H]4[C@]5(C)CC[C@H](O)C(C)(C)[C@H]5CC[C@]43C)[C@@H]12. The summed E-state index contributed by atoms with van der Waals surface area (Å²) in [7, 11) is 1.66. The van der Waals surface area contributed by atoms with Gasteiger partial charge in [-0.3, -0.25) is 0 Å². The van der Waals surface area contributed by atoms with Gasteiger partial charge in [0.15, 0.2) is 0 Å². The first-order valence-corrected chi connectivity index (χ1v) is 17.5. The lowest BCUT2D eigenvalue weighted by Crippen LogP contribution is -2.66. The van der Waals surface area contributed by atoms with Crippen LogP contribution in [0.3, 0.4) is 0 Å². The highest BCUT2D eigenvalue weighted by Crippen LogP contribution is 2.77. The van der Waals surface area contributed by atoms with Crippen molar-refractivity contribution in [3.8, 4) is 5.75 Å². The van der Waals surface area contributed by atoms with Crippen LogP contribution in [-0.2, 0) is 9.53 Å². The smallest absolute Gasteiger partial charge is 0.330 e. The highest BCUT2D eigenvalue weighted by molar-refractivity contribution is 5.87. The number of fused-ring (bicyclic) bond motifs is 7. The van der Waals surface area contributed by atoms with Crippen molar-refractivity contribution in [3.05, 3.63) is 48.1 Å². The van der Waals surface area contributed by atoms with Crippen molar-refractivity contribution in [3.63, 3.8) is 0 Å². The quantitative estimate of drug-likeness (QED) is 0.200. The zero-order valence-electron chi connectivity index (χ0n) is 28.6. The molecule has 0 aromatic heterocycles. The first kappa shape index (κ1) is 31.9. The van der Waals surface area contributed by atoms with Crippen molar-refractivity contribution >= 4 is 12.0 Å². The molecule has 0 bridgehead atoms. The zero-order valence-corrected chi connectivity index (χ0v) is 28.6. The number of esters is 1. The number of methoxy groups -OCH3 is 1. The third-order valence-electron chi connectivity index (χ3n) is 15.2. The number of carbonyl (C=O) groups excluding carboxylic acids is 1. The maximum absolute atomic E-state index is 13.0. The zero-order chi connectivity index (χ0) is 31.7. The van der Waals surface area contributed by atoms with E-state index in [-0.39, 0.29) is 39.1 Å². The lowest BCUT2D eigenvalue weighted by molar-refractivity contribution is -0.249. The molecule has 0 amide bonds. The Morgan fingerprint density at radius 2 is 1.64 bits per heavy atom. The number of rotatable bonds is 6. The van der Waals surface area contributed by atoms with E-state index in [9.17, 15) is 9.90 Å². The average molecular weight is 603 g/mol. The minimum Gasteiger partial charge on any atom is -0.497 e. The maximum Gasteiger partial charge on any atom is 0.330 e. The standard InChI is InChI=1S/C40H58O4/c1-26(2)29-17-22-40(25-44-34(42)16-11-27-9-12-28(43-8)13-10-27)24-23-38(6)30(35(29)40)14-15-32-37(5)20-19-33(41)36(3,4)31(37)18-21-39(32,38)7/h9-13,16,29-33,35,41H,1,14-15,17-25H2,2-8H3/b16-11+/t29-,30+,31+,32+,33-,35+,37+,38+,39+,40+/m0/s1. The highest BCUT2D eigenvalue weighted by atomic mass is 16.5. The summed E-state index contributed by atoms with van der Waals surface area (Å²) in [4.78, 5) is 13.0. The predicted molar refractivity (Wildman–Crippen MR) is 178 cm³/mol. The van der Waals surface area contributed by atoms with Crippen LogP contribution in [0.15, 0.2) is 42.5 Å². The van der Waals surface area contributed by atoms with Crippen molar-refractivity contribution in [1.82, 2.24) is 0 Å². The van der Waals surface area contributed by atoms with Crippen molar-refractivity contribution in [1.29, 1.82) is 0 Å². The molecule has 6 rings (SSSR count). The number of carbonyl (C=O) groups is 1. The van der Waals surface area contributed by atoms with Crippen LogP contribution in [0.1, 0.15) is 111 Å². The first-order valence-electron chi connectivity index (χ1n) is 17.5. The summed E-state index contributed by atoms with van der Waals surface area (Å²) in [6, 6.07) is 7.72. The van der Waals surface area contributed by atoms with Crippen molar-refractivity contribution < 1.29 is 19.4 Å². The molecular formula is C40H58O4. The molecule has 0 unspecified atom stereocenters. The third-order valence-corrected chi connectivity index (χ3v) is 15.2. The van der Waals surface area contributed by atoms with Crippen LogP contribution < -0.4 is 4.74 Å². The fraction of sp³-hybridized carbons (Fsp3) is 0.725. The van der Waals surface area contributed by atoms with E-state index in [2.05, 4.69) is 48.1 Å². The normalized spacial score (nSPS) is 44.2. The van der Waals surface area contributed by atoms with E-state index in [1.165, 1.54) is 37.7 Å². The summed E-state index contributed by atoms with van der Waals surface area (Å²) in [5.74, 6) is 3.48. The molecule has 44 heavy (non-hydrogen) atoms. The van der Waals surface area contributed by atoms with Gasteiger partial charge in [0, 0.05) is 11.5 Å². The molecule has 1 aromatic rings. The molecule has 0 aliphatic heterocycles. The molecule has 5 aliphatic rings. The summed E-state index contributed by atoms with van der Waals surface area (Å²) >= 11 is 0. The Kier molecular flexibility index (Phi) is 7.99. The number of aliphatic hydroxyl groups excluding tert-OH is 1. The summed E-state index contributed by atoms with van der Waals surface area (Å²) in [6.45, 7) is 19.9. The highest BCUT2D eigenvalue weighted by Gasteiger charge is 2.71. The lowest BCUT2D eigenvalue weighted by Gasteiger charge is -2.73. The minimum absolute atomic E-state index is 0.0179. The van der Waals surface area contributed by atoms with E-state index in [4.69, 9.17) is 9.47 Å². The van der Waals surface area contributed by atoms with E-state index in [0.29, 0.717) is 36.2 Å². The van der Waals surface area contributed by atoms with Gasteiger partial charge in [0.05, 0.1) is 19.8 Å². The van der Waals surface area contributed by atoms with Crippen LogP contribution in [0.2, 0.25) is 0 Å². The molecule has 0 radical (unpaired) electrons. The van der Waals surface area contributed by atoms with E-state index >= 15 is 0 Å². The molecule has 0 saturated heterocycles. The Morgan fingerprint density at radius 3 is 2.32 bits per heavy atom. The number of allylic oxidation sites excluding steroid dienone is 1. The number of hydrogen-bond donors (Lipinski definition) is 1. The van der Waals surface area contributed by atoms with Crippen LogP contribution in [0.5, 0.6) is 5.75 Å². The summed E-state index contributed by atoms with van der Waals surface area (Å²) in [5, 5.41) is 11.0. The van der Waals surface area contributed by atoms with Crippen LogP contribution in [0.4, 0.5) is 0 Å². The lowest BCUT2D eigenvalue weighted by atomic mass is 9.32. The van der Waals surface area contributed by atoms with Gasteiger partial charge in [0.25, 0.3) is 0 Å². The first-order chi connectivity index (χ1) is 20.7. The number of benzene rings is 1. The van der Waals surface area contributed by atoms with Gasteiger partial charge in [-0.2, -0.15) is 0 Å². The molecule has 4 heteroatoms. The predicted octanol–water partition coefficient (Wildman–Crippen LogP) is 9.27. The monoisotopic (exact) mass is 602 g/mol. The van der Waals surface area contributed by atoms with Gasteiger partial charge in [0.1, 0.15) is 5.75 Å². The van der Waals surface area contributed by atoms with Crippen LogP contribution in [-0.4, -0.2) is 30.9 Å². The summed E-state index contributed by atoms with van der Waals surface area (Å²) < 4.78 is 11.4. The molecule has 1 N–H and O–H groups in total. The Morgan fingerprint density at radius 1 is 0.909 bits per heavy atom. The van der Waals surface area contributed by atoms with E-state index in [1.54, 1.807) is 13.2 Å². The van der Waals surface area contributed by atoms with E-state index in [1.807, 2.05) is 30.3 Å². The average Bonchev–Trinajstić information content (AvgIpc) is 3.38. The second-order valence-corrected chi connectivity index (χ2v) is 17.1. The van der Waals surface area contributed by atoms with E-state index in [0.717, 1.165) is 43.4 Å². The summed E-state index contributed by atoms with van der Waals surface area (Å²) in [6.07, 6.45) is 15.0. The van der Waals surface area contributed by atoms with Gasteiger partial charge in [-0.25, -0.2) is 4.79 Å². The Labute approximate surface area is 267 Å². The number of ether oxygens (including phenoxy) is 2. The number of aliphatic hydroxyl groups is 1. The molecule has 242 valence electrons. The fourth-order valence-electron chi connectivity index (χ4n) is 12.7. The van der Waals surface area contributed by atoms with E-state index < -0.39 is 0 Å². The summed E-state index contributed by atoms with van der Waals surface area (Å²) in [5.41, 5.74) is 3.13. The Hall–Kier alpha value is -2.07. The van der Waals surface area contributed by atoms with Gasteiger partial charge in [-0.1, -0.05) is 58.9 Å². The maximum atomic E-state index is 13.0. The molecule has 5 saturated carbocycles. The topological polar surface area (TPSA) is 55.8 Å². The van der Waals surface area contributed by atoms with Gasteiger partial charge in [0.2, 0.25) is 0 Å². The molecule has 4 nitrogen and oxygen atoms in total. The molecule has 0 spiro atoms. The number of hydrogen-bond acceptors (Lipinski definition) is 4. The molecule has 10 atom stereocenters. The Bertz CT molecular complexity index is 1290. The third kappa shape index (κ3) is 4.66. The Balaban J connectivity index is 1.25. The van der Waals surface area contributed by atoms with Gasteiger partial charge in [-0.05, 0) is 146 Å². The molecule has 1 aromatic carbocycles. The van der Waals surface area contributed by atoms with Crippen LogP contribution in [0.25, 0.3) is 6.08 Å². The van der Waals surface area contributed by atoms with Gasteiger partial charge < -0.3 is 14.6 Å². The van der Waals surface area contributed by atoms with Crippen LogP contribution >= 0.6 is 0 Å². The molecule has 0 heterocycles. The van der Waals surface area contributed by atoms with Crippen molar-refractivity contribution in [2.24, 2.45) is 56.7 Å². The minimum atomic E-state index is -0.245. The van der Waals surface area contributed by atoms with Crippen molar-refractivity contribution in [2.45, 2.75) is 112 Å². The second-order valence-electron chi connectivity index (χ2n) is 17.1. The molecule has 5 fully saturated rings. The van der Waals surface area contributed by atoms with Crippen LogP contribution in [0, 0.1) is 56.7 Å². The van der Waals surface area contributed by atoms with Gasteiger partial charge >= 0.3 is 5.97 Å². The van der Waals surface area contributed by atoms with Gasteiger partial charge in [-0.15, -0.1) is 0 Å². The largest absolute Gasteiger partial charge is 0.497 e. The van der Waals surface area contributed by atoms with Crippen molar-refractivity contribution in [2.75, 3.05) is 13.7 Å². The molecular weight excluding hydrogens is 544 g/mol. The molecule has 5 aliphatic carbocycles. The fourth-order valence-corrected chi connectivity index (χ4v) is 12.7.